The summed E-state index contributed by atoms with van der Waals surface area (Å²) < 4.78 is 5.20. The van der Waals surface area contributed by atoms with E-state index < -0.39 is 0 Å². The molecule has 1 fully saturated rings. The highest BCUT2D eigenvalue weighted by Crippen LogP contribution is 2.20. The van der Waals surface area contributed by atoms with E-state index >= 15 is 0 Å². The fraction of sp³-hybridized carbons (Fsp3) is 0.350. The van der Waals surface area contributed by atoms with Crippen LogP contribution in [0.1, 0.15) is 5.56 Å². The van der Waals surface area contributed by atoms with Crippen molar-refractivity contribution in [3.8, 4) is 5.75 Å². The number of nitrogens with zero attached hydrogens (tertiary/aromatic N) is 2. The number of halogens is 1. The molecule has 0 atom stereocenters. The lowest BCUT2D eigenvalue weighted by atomic mass is 10.2. The molecule has 6 heteroatoms. The fourth-order valence-corrected chi connectivity index (χ4v) is 3.28. The Morgan fingerprint density at radius 3 is 2.50 bits per heavy atom. The molecular weight excluding hydrogens is 350 g/mol. The van der Waals surface area contributed by atoms with Gasteiger partial charge in [-0.3, -0.25) is 9.69 Å². The third-order valence-electron chi connectivity index (χ3n) is 4.56. The number of nitrogens with one attached hydrogen (secondary N) is 1. The lowest BCUT2D eigenvalue weighted by molar-refractivity contribution is -0.122. The summed E-state index contributed by atoms with van der Waals surface area (Å²) in [6.45, 7) is 4.50. The summed E-state index contributed by atoms with van der Waals surface area (Å²) in [7, 11) is 1.67. The first-order chi connectivity index (χ1) is 12.6. The van der Waals surface area contributed by atoms with Crippen LogP contribution in [0.5, 0.6) is 5.75 Å². The molecule has 2 aromatic rings. The van der Waals surface area contributed by atoms with Gasteiger partial charge in [-0.1, -0.05) is 23.7 Å². The summed E-state index contributed by atoms with van der Waals surface area (Å²) in [5, 5.41) is 3.65. The van der Waals surface area contributed by atoms with Gasteiger partial charge in [0.1, 0.15) is 5.75 Å². The third kappa shape index (κ3) is 5.13. The second-order valence-corrected chi connectivity index (χ2v) is 6.80. The highest BCUT2D eigenvalue weighted by molar-refractivity contribution is 6.30. The molecule has 1 amide bonds. The first kappa shape index (κ1) is 18.5. The van der Waals surface area contributed by atoms with Gasteiger partial charge in [-0.05, 0) is 42.0 Å². The number of carbonyl (C=O) groups is 1. The second-order valence-electron chi connectivity index (χ2n) is 6.37. The molecule has 0 aromatic heterocycles. The third-order valence-corrected chi connectivity index (χ3v) is 4.79. The van der Waals surface area contributed by atoms with E-state index in [1.54, 1.807) is 7.11 Å². The number of amides is 1. The van der Waals surface area contributed by atoms with E-state index in [0.29, 0.717) is 18.1 Å². The predicted molar refractivity (Wildman–Crippen MR) is 105 cm³/mol. The van der Waals surface area contributed by atoms with Gasteiger partial charge >= 0.3 is 0 Å². The van der Waals surface area contributed by atoms with Crippen molar-refractivity contribution in [3.63, 3.8) is 0 Å². The van der Waals surface area contributed by atoms with E-state index in [4.69, 9.17) is 16.3 Å². The molecule has 1 saturated heterocycles. The number of hydrogen-bond donors (Lipinski definition) is 1. The standard InChI is InChI=1S/C20H24ClN3O2/c1-26-19-7-5-18(6-8-19)24-11-9-23(10-12-24)15-20(25)22-14-16-3-2-4-17(21)13-16/h2-8,13H,9-12,14-15H2,1H3,(H,22,25). The summed E-state index contributed by atoms with van der Waals surface area (Å²) in [5.74, 6) is 0.909. The van der Waals surface area contributed by atoms with Crippen molar-refractivity contribution in [2.75, 3.05) is 44.7 Å². The van der Waals surface area contributed by atoms with Crippen LogP contribution >= 0.6 is 11.6 Å². The van der Waals surface area contributed by atoms with E-state index in [1.165, 1.54) is 5.69 Å². The zero-order chi connectivity index (χ0) is 18.4. The molecule has 0 spiro atoms. The van der Waals surface area contributed by atoms with Gasteiger partial charge in [0, 0.05) is 43.4 Å². The zero-order valence-electron chi connectivity index (χ0n) is 15.0. The van der Waals surface area contributed by atoms with Gasteiger partial charge in [0.15, 0.2) is 0 Å². The Morgan fingerprint density at radius 1 is 1.12 bits per heavy atom. The van der Waals surface area contributed by atoms with Crippen LogP contribution in [0.15, 0.2) is 48.5 Å². The number of hydrogen-bond acceptors (Lipinski definition) is 4. The van der Waals surface area contributed by atoms with E-state index in [1.807, 2.05) is 36.4 Å². The maximum absolute atomic E-state index is 12.2. The molecule has 0 radical (unpaired) electrons. The number of piperazine rings is 1. The maximum atomic E-state index is 12.2. The van der Waals surface area contributed by atoms with E-state index in [0.717, 1.165) is 37.5 Å². The average molecular weight is 374 g/mol. The molecule has 0 aliphatic carbocycles. The van der Waals surface area contributed by atoms with Crippen LogP contribution in [-0.2, 0) is 11.3 Å². The SMILES string of the molecule is COc1ccc(N2CCN(CC(=O)NCc3cccc(Cl)c3)CC2)cc1. The number of benzene rings is 2. The van der Waals surface area contributed by atoms with Crippen molar-refractivity contribution >= 4 is 23.2 Å². The Balaban J connectivity index is 1.42. The van der Waals surface area contributed by atoms with Gasteiger partial charge < -0.3 is 15.0 Å². The van der Waals surface area contributed by atoms with Crippen molar-refractivity contribution < 1.29 is 9.53 Å². The molecule has 0 unspecified atom stereocenters. The number of ether oxygens (including phenoxy) is 1. The van der Waals surface area contributed by atoms with Gasteiger partial charge in [-0.15, -0.1) is 0 Å². The Kier molecular flexibility index (Phi) is 6.36. The minimum atomic E-state index is 0.0443. The van der Waals surface area contributed by atoms with Gasteiger partial charge in [-0.2, -0.15) is 0 Å². The van der Waals surface area contributed by atoms with E-state index in [2.05, 4.69) is 27.2 Å². The van der Waals surface area contributed by atoms with Crippen LogP contribution < -0.4 is 15.0 Å². The summed E-state index contributed by atoms with van der Waals surface area (Å²) in [6, 6.07) is 15.7. The Labute approximate surface area is 159 Å². The zero-order valence-corrected chi connectivity index (χ0v) is 15.7. The molecule has 0 bridgehead atoms. The molecule has 5 nitrogen and oxygen atoms in total. The average Bonchev–Trinajstić information content (AvgIpc) is 2.67. The minimum absolute atomic E-state index is 0.0443. The van der Waals surface area contributed by atoms with Gasteiger partial charge in [0.05, 0.1) is 13.7 Å². The molecule has 2 aromatic carbocycles. The smallest absolute Gasteiger partial charge is 0.234 e. The van der Waals surface area contributed by atoms with Crippen LogP contribution in [0.2, 0.25) is 5.02 Å². The molecular formula is C20H24ClN3O2. The Bertz CT molecular complexity index is 728. The Morgan fingerprint density at radius 2 is 1.85 bits per heavy atom. The van der Waals surface area contributed by atoms with Crippen LogP contribution in [-0.4, -0.2) is 50.6 Å². The van der Waals surface area contributed by atoms with Crippen LogP contribution in [0.3, 0.4) is 0 Å². The van der Waals surface area contributed by atoms with Gasteiger partial charge in [-0.25, -0.2) is 0 Å². The van der Waals surface area contributed by atoms with Gasteiger partial charge in [0.2, 0.25) is 5.91 Å². The normalized spacial score (nSPS) is 14.9. The van der Waals surface area contributed by atoms with Crippen molar-refractivity contribution in [2.45, 2.75) is 6.54 Å². The van der Waals surface area contributed by atoms with Gasteiger partial charge in [0.25, 0.3) is 0 Å². The topological polar surface area (TPSA) is 44.8 Å². The molecule has 1 aliphatic heterocycles. The highest BCUT2D eigenvalue weighted by Gasteiger charge is 2.19. The fourth-order valence-electron chi connectivity index (χ4n) is 3.06. The summed E-state index contributed by atoms with van der Waals surface area (Å²) in [4.78, 5) is 16.7. The summed E-state index contributed by atoms with van der Waals surface area (Å²) >= 11 is 5.96. The number of rotatable bonds is 6. The van der Waals surface area contributed by atoms with E-state index in [-0.39, 0.29) is 5.91 Å². The van der Waals surface area contributed by atoms with Crippen molar-refractivity contribution in [2.24, 2.45) is 0 Å². The van der Waals surface area contributed by atoms with Crippen molar-refractivity contribution in [1.82, 2.24) is 10.2 Å². The number of methoxy groups -OCH3 is 1. The predicted octanol–water partition coefficient (Wildman–Crippen LogP) is 2.79. The van der Waals surface area contributed by atoms with Crippen LogP contribution in [0.25, 0.3) is 0 Å². The summed E-state index contributed by atoms with van der Waals surface area (Å²) in [6.07, 6.45) is 0. The molecule has 138 valence electrons. The first-order valence-corrected chi connectivity index (χ1v) is 9.14. The van der Waals surface area contributed by atoms with Crippen LogP contribution in [0, 0.1) is 0 Å². The van der Waals surface area contributed by atoms with Crippen molar-refractivity contribution in [3.05, 3.63) is 59.1 Å². The van der Waals surface area contributed by atoms with E-state index in [9.17, 15) is 4.79 Å². The van der Waals surface area contributed by atoms with Crippen LogP contribution in [0.4, 0.5) is 5.69 Å². The molecule has 1 aliphatic rings. The lowest BCUT2D eigenvalue weighted by Gasteiger charge is -2.35. The minimum Gasteiger partial charge on any atom is -0.497 e. The lowest BCUT2D eigenvalue weighted by Crippen LogP contribution is -2.49. The number of carbonyl (C=O) groups excluding carboxylic acids is 1. The maximum Gasteiger partial charge on any atom is 0.234 e. The molecule has 0 saturated carbocycles. The second kappa shape index (κ2) is 8.92. The molecule has 1 heterocycles. The Hall–Kier alpha value is -2.24. The summed E-state index contributed by atoms with van der Waals surface area (Å²) in [5.41, 5.74) is 2.20. The molecule has 3 rings (SSSR count). The highest BCUT2D eigenvalue weighted by atomic mass is 35.5. The quantitative estimate of drug-likeness (QED) is 0.845. The number of anilines is 1. The largest absolute Gasteiger partial charge is 0.497 e. The molecule has 26 heavy (non-hydrogen) atoms. The first-order valence-electron chi connectivity index (χ1n) is 8.76. The molecule has 1 N–H and O–H groups in total. The monoisotopic (exact) mass is 373 g/mol. The van der Waals surface area contributed by atoms with Crippen molar-refractivity contribution in [1.29, 1.82) is 0 Å².